The van der Waals surface area contributed by atoms with E-state index in [0.29, 0.717) is 12.0 Å². The van der Waals surface area contributed by atoms with Crippen LogP contribution in [-0.2, 0) is 6.42 Å². The van der Waals surface area contributed by atoms with Crippen molar-refractivity contribution in [2.45, 2.75) is 25.4 Å². The number of alkyl halides is 1. The van der Waals surface area contributed by atoms with Gasteiger partial charge in [0.05, 0.1) is 0 Å². The Morgan fingerprint density at radius 3 is 3.08 bits per heavy atom. The molecule has 0 spiro atoms. The van der Waals surface area contributed by atoms with Gasteiger partial charge < -0.3 is 0 Å². The molecule has 0 N–H and O–H groups in total. The van der Waals surface area contributed by atoms with E-state index in [9.17, 15) is 9.18 Å². The average Bonchev–Trinajstić information content (AvgIpc) is 2.18. The van der Waals surface area contributed by atoms with Crippen LogP contribution >= 0.6 is 0 Å². The highest BCUT2D eigenvalue weighted by Gasteiger charge is 2.18. The summed E-state index contributed by atoms with van der Waals surface area (Å²) in [6.45, 7) is 0. The topological polar surface area (TPSA) is 17.1 Å². The molecule has 1 unspecified atom stereocenters. The molecule has 1 nitrogen and oxygen atoms in total. The largest absolute Gasteiger partial charge is 0.298 e. The van der Waals surface area contributed by atoms with Gasteiger partial charge in [0.25, 0.3) is 0 Å². The summed E-state index contributed by atoms with van der Waals surface area (Å²) in [5, 5.41) is 0. The van der Waals surface area contributed by atoms with Gasteiger partial charge in [-0.3, -0.25) is 4.79 Å². The van der Waals surface area contributed by atoms with E-state index < -0.39 is 6.17 Å². The molecule has 0 saturated heterocycles. The van der Waals surface area contributed by atoms with E-state index in [1.165, 1.54) is 0 Å². The summed E-state index contributed by atoms with van der Waals surface area (Å²) in [7, 11) is 0. The molecule has 0 aromatic heterocycles. The number of hydrogen-bond acceptors (Lipinski definition) is 1. The van der Waals surface area contributed by atoms with Gasteiger partial charge in [0.1, 0.15) is 12.5 Å². The lowest BCUT2D eigenvalue weighted by molar-refractivity contribution is 0.112. The summed E-state index contributed by atoms with van der Waals surface area (Å²) in [5.74, 6) is 0. The van der Waals surface area contributed by atoms with Crippen LogP contribution in [0.5, 0.6) is 0 Å². The zero-order chi connectivity index (χ0) is 9.26. The predicted molar refractivity (Wildman–Crippen MR) is 48.6 cm³/mol. The van der Waals surface area contributed by atoms with Crippen LogP contribution < -0.4 is 0 Å². The van der Waals surface area contributed by atoms with Gasteiger partial charge in [-0.05, 0) is 36.5 Å². The Balaban J connectivity index is 2.45. The Kier molecular flexibility index (Phi) is 2.13. The minimum absolute atomic E-state index is 0.618. The van der Waals surface area contributed by atoms with Crippen LogP contribution in [0.4, 0.5) is 4.39 Å². The third-order valence-electron chi connectivity index (χ3n) is 2.54. The second kappa shape index (κ2) is 3.29. The molecule has 1 aliphatic carbocycles. The molecule has 0 radical (unpaired) electrons. The maximum Gasteiger partial charge on any atom is 0.150 e. The van der Waals surface area contributed by atoms with Crippen molar-refractivity contribution in [3.63, 3.8) is 0 Å². The molecule has 0 heterocycles. The van der Waals surface area contributed by atoms with Crippen molar-refractivity contribution >= 4 is 6.29 Å². The fourth-order valence-electron chi connectivity index (χ4n) is 1.85. The number of rotatable bonds is 1. The third-order valence-corrected chi connectivity index (χ3v) is 2.54. The van der Waals surface area contributed by atoms with E-state index in [-0.39, 0.29) is 0 Å². The molecule has 2 rings (SSSR count). The molecule has 0 fully saturated rings. The Labute approximate surface area is 76.6 Å². The molecular formula is C11H11FO. The van der Waals surface area contributed by atoms with Crippen molar-refractivity contribution in [1.29, 1.82) is 0 Å². The molecule has 68 valence electrons. The third kappa shape index (κ3) is 1.48. The molecule has 1 aromatic carbocycles. The van der Waals surface area contributed by atoms with Crippen LogP contribution in [0, 0.1) is 0 Å². The molecule has 0 amide bonds. The summed E-state index contributed by atoms with van der Waals surface area (Å²) in [6, 6.07) is 5.22. The Hall–Kier alpha value is -1.18. The van der Waals surface area contributed by atoms with Crippen molar-refractivity contribution in [2.24, 2.45) is 0 Å². The van der Waals surface area contributed by atoms with Crippen molar-refractivity contribution in [3.05, 3.63) is 34.9 Å². The number of halogens is 1. The first-order valence-corrected chi connectivity index (χ1v) is 4.53. The van der Waals surface area contributed by atoms with Gasteiger partial charge in [0, 0.05) is 5.56 Å². The van der Waals surface area contributed by atoms with Gasteiger partial charge in [-0.1, -0.05) is 12.1 Å². The van der Waals surface area contributed by atoms with Crippen LogP contribution in [0.3, 0.4) is 0 Å². The van der Waals surface area contributed by atoms with Crippen LogP contribution in [0.1, 0.15) is 40.5 Å². The minimum atomic E-state index is -0.829. The molecule has 0 aliphatic heterocycles. The zero-order valence-corrected chi connectivity index (χ0v) is 7.29. The molecule has 1 aliphatic rings. The fraction of sp³-hybridized carbons (Fsp3) is 0.364. The smallest absolute Gasteiger partial charge is 0.150 e. The Morgan fingerprint density at radius 2 is 2.31 bits per heavy atom. The van der Waals surface area contributed by atoms with E-state index in [1.54, 1.807) is 18.2 Å². The summed E-state index contributed by atoms with van der Waals surface area (Å²) in [4.78, 5) is 10.5. The molecule has 1 aromatic rings. The molecule has 0 saturated carbocycles. The van der Waals surface area contributed by atoms with Gasteiger partial charge in [0.2, 0.25) is 0 Å². The molecule has 13 heavy (non-hydrogen) atoms. The molecule has 0 bridgehead atoms. The molecule has 1 atom stereocenters. The van der Waals surface area contributed by atoms with Gasteiger partial charge in [-0.2, -0.15) is 0 Å². The maximum atomic E-state index is 13.3. The number of aryl methyl sites for hydroxylation is 1. The van der Waals surface area contributed by atoms with Crippen molar-refractivity contribution in [2.75, 3.05) is 0 Å². The Morgan fingerprint density at radius 1 is 1.46 bits per heavy atom. The number of benzene rings is 1. The number of aldehydes is 1. The van der Waals surface area contributed by atoms with Crippen LogP contribution in [-0.4, -0.2) is 6.29 Å². The van der Waals surface area contributed by atoms with Gasteiger partial charge >= 0.3 is 0 Å². The van der Waals surface area contributed by atoms with Crippen LogP contribution in [0.25, 0.3) is 0 Å². The van der Waals surface area contributed by atoms with Crippen molar-refractivity contribution in [1.82, 2.24) is 0 Å². The van der Waals surface area contributed by atoms with E-state index >= 15 is 0 Å². The quantitative estimate of drug-likeness (QED) is 0.604. The zero-order valence-electron chi connectivity index (χ0n) is 7.29. The SMILES string of the molecule is O=Cc1ccc2c(c1)CCCC2F. The number of carbonyl (C=O) groups is 1. The summed E-state index contributed by atoms with van der Waals surface area (Å²) < 4.78 is 13.3. The first-order chi connectivity index (χ1) is 6.31. The van der Waals surface area contributed by atoms with Crippen molar-refractivity contribution < 1.29 is 9.18 Å². The van der Waals surface area contributed by atoms with Gasteiger partial charge in [0.15, 0.2) is 0 Å². The average molecular weight is 178 g/mol. The van der Waals surface area contributed by atoms with Gasteiger partial charge in [-0.15, -0.1) is 0 Å². The fourth-order valence-corrected chi connectivity index (χ4v) is 1.85. The molecule has 2 heteroatoms. The lowest BCUT2D eigenvalue weighted by Crippen LogP contribution is -2.06. The second-order valence-corrected chi connectivity index (χ2v) is 3.44. The summed E-state index contributed by atoms with van der Waals surface area (Å²) in [5.41, 5.74) is 2.42. The highest BCUT2D eigenvalue weighted by molar-refractivity contribution is 5.75. The van der Waals surface area contributed by atoms with E-state index in [0.717, 1.165) is 30.3 Å². The first kappa shape index (κ1) is 8.42. The number of fused-ring (bicyclic) bond motifs is 1. The Bertz CT molecular complexity index is 333. The highest BCUT2D eigenvalue weighted by Crippen LogP contribution is 2.32. The monoisotopic (exact) mass is 178 g/mol. The van der Waals surface area contributed by atoms with Crippen molar-refractivity contribution in [3.8, 4) is 0 Å². The standard InChI is InChI=1S/C11H11FO/c12-11-3-1-2-9-6-8(7-13)4-5-10(9)11/h4-7,11H,1-3H2. The summed E-state index contributed by atoms with van der Waals surface area (Å²) in [6.07, 6.45) is 2.38. The van der Waals surface area contributed by atoms with Crippen LogP contribution in [0.2, 0.25) is 0 Å². The van der Waals surface area contributed by atoms with E-state index in [4.69, 9.17) is 0 Å². The second-order valence-electron chi connectivity index (χ2n) is 3.44. The van der Waals surface area contributed by atoms with Gasteiger partial charge in [-0.25, -0.2) is 4.39 Å². The highest BCUT2D eigenvalue weighted by atomic mass is 19.1. The normalized spacial score (nSPS) is 20.8. The lowest BCUT2D eigenvalue weighted by atomic mass is 9.89. The summed E-state index contributed by atoms with van der Waals surface area (Å²) >= 11 is 0. The number of hydrogen-bond donors (Lipinski definition) is 0. The number of carbonyl (C=O) groups excluding carboxylic acids is 1. The van der Waals surface area contributed by atoms with E-state index in [2.05, 4.69) is 0 Å². The lowest BCUT2D eigenvalue weighted by Gasteiger charge is -2.19. The maximum absolute atomic E-state index is 13.3. The van der Waals surface area contributed by atoms with E-state index in [1.807, 2.05) is 0 Å². The predicted octanol–water partition coefficient (Wildman–Crippen LogP) is 2.85. The first-order valence-electron chi connectivity index (χ1n) is 4.53. The minimum Gasteiger partial charge on any atom is -0.298 e. The molecular weight excluding hydrogens is 167 g/mol. The van der Waals surface area contributed by atoms with Crippen LogP contribution in [0.15, 0.2) is 18.2 Å².